The smallest absolute Gasteiger partial charge is 0.335 e. The van der Waals surface area contributed by atoms with E-state index in [1.807, 2.05) is 10.8 Å². The second kappa shape index (κ2) is 7.38. The Morgan fingerprint density at radius 3 is 2.50 bits per heavy atom. The lowest BCUT2D eigenvalue weighted by atomic mass is 10.1. The van der Waals surface area contributed by atoms with Gasteiger partial charge in [-0.05, 0) is 17.2 Å². The normalized spacial score (nSPS) is 13.0. The number of urea groups is 1. The van der Waals surface area contributed by atoms with Gasteiger partial charge >= 0.3 is 6.03 Å². The Kier molecular flexibility index (Phi) is 5.18. The third-order valence-corrected chi connectivity index (χ3v) is 6.00. The lowest BCUT2D eigenvalue weighted by molar-refractivity contribution is 0.256. The molecule has 1 aliphatic heterocycles. The summed E-state index contributed by atoms with van der Waals surface area (Å²) in [5, 5.41) is 2.27. The van der Waals surface area contributed by atoms with Crippen molar-refractivity contribution < 1.29 is 22.7 Å². The SMILES string of the molecule is COc1cc(OC)nc(NC(=O)NS(=O)(=O)c2cccc3c2CSC3)n1. The number of nitrogens with zero attached hydrogens (tertiary/aromatic N) is 2. The van der Waals surface area contributed by atoms with Gasteiger partial charge in [0.25, 0.3) is 10.0 Å². The van der Waals surface area contributed by atoms with E-state index in [0.29, 0.717) is 5.75 Å². The van der Waals surface area contributed by atoms with Crippen LogP contribution in [0.25, 0.3) is 0 Å². The Balaban J connectivity index is 1.79. The average molecular weight is 396 g/mol. The minimum Gasteiger partial charge on any atom is -0.481 e. The summed E-state index contributed by atoms with van der Waals surface area (Å²) in [6.45, 7) is 0. The van der Waals surface area contributed by atoms with Crippen LogP contribution in [0.4, 0.5) is 10.7 Å². The summed E-state index contributed by atoms with van der Waals surface area (Å²) in [7, 11) is -1.24. The third-order valence-electron chi connectivity index (χ3n) is 3.57. The number of rotatable bonds is 5. The number of methoxy groups -OCH3 is 2. The van der Waals surface area contributed by atoms with Crippen LogP contribution in [0, 0.1) is 0 Å². The zero-order valence-corrected chi connectivity index (χ0v) is 15.6. The Bertz CT molecular complexity index is 927. The minimum atomic E-state index is -4.03. The van der Waals surface area contributed by atoms with E-state index in [2.05, 4.69) is 15.3 Å². The van der Waals surface area contributed by atoms with E-state index in [9.17, 15) is 13.2 Å². The molecule has 138 valence electrons. The van der Waals surface area contributed by atoms with Crippen molar-refractivity contribution in [1.29, 1.82) is 0 Å². The molecule has 0 bridgehead atoms. The zero-order chi connectivity index (χ0) is 18.7. The number of fused-ring (bicyclic) bond motifs is 1. The molecule has 0 saturated heterocycles. The standard InChI is InChI=1S/C15H16N4O5S2/c1-23-12-6-13(24-2)17-14(16-12)18-15(20)19-26(21,22)11-5-3-4-9-7-25-8-10(9)11/h3-6H,7-8H2,1-2H3,(H2,16,17,18,19,20). The number of carbonyl (C=O) groups excluding carboxylic acids is 1. The lowest BCUT2D eigenvalue weighted by Crippen LogP contribution is -2.35. The quantitative estimate of drug-likeness (QED) is 0.784. The van der Waals surface area contributed by atoms with Gasteiger partial charge in [-0.1, -0.05) is 12.1 Å². The average Bonchev–Trinajstić information content (AvgIpc) is 3.09. The summed E-state index contributed by atoms with van der Waals surface area (Å²) in [4.78, 5) is 20.1. The highest BCUT2D eigenvalue weighted by molar-refractivity contribution is 7.98. The second-order valence-electron chi connectivity index (χ2n) is 5.22. The largest absolute Gasteiger partial charge is 0.481 e. The topological polar surface area (TPSA) is 120 Å². The molecule has 11 heteroatoms. The number of amides is 2. The van der Waals surface area contributed by atoms with Gasteiger partial charge in [0.1, 0.15) is 0 Å². The fourth-order valence-corrected chi connectivity index (χ4v) is 4.82. The summed E-state index contributed by atoms with van der Waals surface area (Å²) >= 11 is 1.62. The van der Waals surface area contributed by atoms with Crippen molar-refractivity contribution in [2.24, 2.45) is 0 Å². The van der Waals surface area contributed by atoms with E-state index in [4.69, 9.17) is 9.47 Å². The van der Waals surface area contributed by atoms with Gasteiger partial charge in [-0.2, -0.15) is 21.7 Å². The highest BCUT2D eigenvalue weighted by atomic mass is 32.2. The van der Waals surface area contributed by atoms with E-state index in [0.717, 1.165) is 16.9 Å². The Labute approximate surface area is 154 Å². The molecule has 2 amide bonds. The molecule has 1 aliphatic rings. The van der Waals surface area contributed by atoms with Crippen LogP contribution < -0.4 is 19.5 Å². The number of nitrogens with one attached hydrogen (secondary N) is 2. The molecule has 2 aromatic rings. The van der Waals surface area contributed by atoms with Gasteiger partial charge in [-0.15, -0.1) is 0 Å². The third kappa shape index (κ3) is 3.83. The van der Waals surface area contributed by atoms with Gasteiger partial charge in [-0.3, -0.25) is 5.32 Å². The Morgan fingerprint density at radius 2 is 1.85 bits per heavy atom. The number of ether oxygens (including phenoxy) is 2. The number of thioether (sulfide) groups is 1. The van der Waals surface area contributed by atoms with Gasteiger partial charge in [0.2, 0.25) is 17.7 Å². The van der Waals surface area contributed by atoms with Crippen molar-refractivity contribution >= 4 is 33.8 Å². The number of anilines is 1. The maximum atomic E-state index is 12.6. The highest BCUT2D eigenvalue weighted by Gasteiger charge is 2.25. The molecule has 0 aliphatic carbocycles. The predicted molar refractivity (Wildman–Crippen MR) is 95.9 cm³/mol. The van der Waals surface area contributed by atoms with Crippen molar-refractivity contribution in [2.45, 2.75) is 16.4 Å². The van der Waals surface area contributed by atoms with Crippen molar-refractivity contribution in [3.63, 3.8) is 0 Å². The van der Waals surface area contributed by atoms with Crippen LogP contribution in [0.5, 0.6) is 11.8 Å². The molecule has 0 spiro atoms. The van der Waals surface area contributed by atoms with Gasteiger partial charge < -0.3 is 9.47 Å². The predicted octanol–water partition coefficient (Wildman–Crippen LogP) is 1.75. The molecule has 0 unspecified atom stereocenters. The molecule has 3 rings (SSSR count). The highest BCUT2D eigenvalue weighted by Crippen LogP contribution is 2.34. The molecule has 0 saturated carbocycles. The van der Waals surface area contributed by atoms with E-state index < -0.39 is 16.1 Å². The maximum Gasteiger partial charge on any atom is 0.335 e. The molecule has 0 radical (unpaired) electrons. The van der Waals surface area contributed by atoms with Gasteiger partial charge in [0, 0.05) is 11.5 Å². The first-order valence-corrected chi connectivity index (χ1v) is 10.1. The van der Waals surface area contributed by atoms with Crippen LogP contribution in [0.1, 0.15) is 11.1 Å². The molecule has 26 heavy (non-hydrogen) atoms. The van der Waals surface area contributed by atoms with E-state index in [1.54, 1.807) is 17.8 Å². The Morgan fingerprint density at radius 1 is 1.15 bits per heavy atom. The number of benzene rings is 1. The van der Waals surface area contributed by atoms with Crippen molar-refractivity contribution in [1.82, 2.24) is 14.7 Å². The molecule has 9 nitrogen and oxygen atoms in total. The van der Waals surface area contributed by atoms with E-state index in [1.165, 1.54) is 26.4 Å². The maximum absolute atomic E-state index is 12.6. The van der Waals surface area contributed by atoms with Crippen molar-refractivity contribution in [2.75, 3.05) is 19.5 Å². The van der Waals surface area contributed by atoms with Crippen LogP contribution in [-0.2, 0) is 21.5 Å². The van der Waals surface area contributed by atoms with Crippen LogP contribution >= 0.6 is 11.8 Å². The number of aromatic nitrogens is 2. The number of hydrogen-bond acceptors (Lipinski definition) is 8. The Hall–Kier alpha value is -2.53. The number of hydrogen-bond donors (Lipinski definition) is 2. The number of carbonyl (C=O) groups is 1. The van der Waals surface area contributed by atoms with E-state index >= 15 is 0 Å². The lowest BCUT2D eigenvalue weighted by Gasteiger charge is -2.11. The van der Waals surface area contributed by atoms with Gasteiger partial charge in [-0.25, -0.2) is 17.9 Å². The molecule has 2 heterocycles. The molecule has 1 aromatic carbocycles. The molecule has 2 N–H and O–H groups in total. The van der Waals surface area contributed by atoms with Crippen LogP contribution in [0.3, 0.4) is 0 Å². The molecule has 0 atom stereocenters. The second-order valence-corrected chi connectivity index (χ2v) is 7.86. The monoisotopic (exact) mass is 396 g/mol. The summed E-state index contributed by atoms with van der Waals surface area (Å²) in [6.07, 6.45) is 0. The minimum absolute atomic E-state index is 0.0966. The fourth-order valence-electron chi connectivity index (χ4n) is 2.40. The fraction of sp³-hybridized carbons (Fsp3) is 0.267. The van der Waals surface area contributed by atoms with E-state index in [-0.39, 0.29) is 22.6 Å². The van der Waals surface area contributed by atoms with Gasteiger partial charge in [0.15, 0.2) is 0 Å². The number of sulfonamides is 1. The molecular formula is C15H16N4O5S2. The first-order chi connectivity index (χ1) is 12.4. The summed E-state index contributed by atoms with van der Waals surface area (Å²) in [5.74, 6) is 1.51. The summed E-state index contributed by atoms with van der Waals surface area (Å²) in [5.41, 5.74) is 1.68. The zero-order valence-electron chi connectivity index (χ0n) is 14.0. The molecular weight excluding hydrogens is 380 g/mol. The van der Waals surface area contributed by atoms with Crippen LogP contribution in [0.15, 0.2) is 29.2 Å². The van der Waals surface area contributed by atoms with Gasteiger partial charge in [0.05, 0.1) is 25.2 Å². The van der Waals surface area contributed by atoms with Crippen molar-refractivity contribution in [3.8, 4) is 11.8 Å². The van der Waals surface area contributed by atoms with Crippen LogP contribution in [-0.4, -0.2) is 38.6 Å². The van der Waals surface area contributed by atoms with Crippen molar-refractivity contribution in [3.05, 3.63) is 35.4 Å². The summed E-state index contributed by atoms with van der Waals surface area (Å²) < 4.78 is 37.1. The van der Waals surface area contributed by atoms with Crippen LogP contribution in [0.2, 0.25) is 0 Å². The summed E-state index contributed by atoms with van der Waals surface area (Å²) in [6, 6.07) is 5.46. The molecule has 1 aromatic heterocycles. The first-order valence-electron chi connectivity index (χ1n) is 7.42. The molecule has 0 fully saturated rings. The first kappa shape index (κ1) is 18.3.